The second-order valence-electron chi connectivity index (χ2n) is 6.55. The average molecular weight is 317 g/mol. The molecular weight excluding hydrogens is 294 g/mol. The van der Waals surface area contributed by atoms with Crippen LogP contribution in [0.2, 0.25) is 0 Å². The summed E-state index contributed by atoms with van der Waals surface area (Å²) in [5.41, 5.74) is 4.33. The van der Waals surface area contributed by atoms with E-state index in [1.807, 2.05) is 0 Å². The summed E-state index contributed by atoms with van der Waals surface area (Å²) in [5, 5.41) is 1.12. The number of aromatic nitrogens is 3. The van der Waals surface area contributed by atoms with Gasteiger partial charge in [-0.15, -0.1) is 0 Å². The van der Waals surface area contributed by atoms with E-state index in [-0.39, 0.29) is 5.41 Å². The minimum atomic E-state index is 0.0752. The van der Waals surface area contributed by atoms with E-state index in [0.717, 1.165) is 52.7 Å². The van der Waals surface area contributed by atoms with Crippen molar-refractivity contribution in [3.8, 4) is 0 Å². The van der Waals surface area contributed by atoms with Gasteiger partial charge < -0.3 is 0 Å². The molecule has 3 heteroatoms. The standard InChI is InChI=1S/C21H23N3/c1-4-21(5-2,6-3)20-23-16-12-8-7-11-15(16)19-22-17-13-9-10-14-18(17)24(19)20/h7-14H,4-6H2,1-3H3. The van der Waals surface area contributed by atoms with E-state index in [9.17, 15) is 0 Å². The molecule has 0 radical (unpaired) electrons. The quantitative estimate of drug-likeness (QED) is 0.497. The summed E-state index contributed by atoms with van der Waals surface area (Å²) in [6, 6.07) is 16.7. The number of rotatable bonds is 4. The molecule has 0 N–H and O–H groups in total. The van der Waals surface area contributed by atoms with Gasteiger partial charge in [0.25, 0.3) is 0 Å². The highest BCUT2D eigenvalue weighted by molar-refractivity contribution is 5.96. The topological polar surface area (TPSA) is 30.2 Å². The Morgan fingerprint density at radius 3 is 2.12 bits per heavy atom. The Balaban J connectivity index is 2.26. The second-order valence-corrected chi connectivity index (χ2v) is 6.55. The predicted octanol–water partition coefficient (Wildman–Crippen LogP) is 5.50. The fourth-order valence-electron chi connectivity index (χ4n) is 3.93. The number of benzene rings is 2. The Kier molecular flexibility index (Phi) is 3.52. The Bertz CT molecular complexity index is 1020. The van der Waals surface area contributed by atoms with Crippen molar-refractivity contribution in [3.63, 3.8) is 0 Å². The third-order valence-electron chi connectivity index (χ3n) is 5.65. The molecule has 122 valence electrons. The van der Waals surface area contributed by atoms with E-state index < -0.39 is 0 Å². The molecule has 2 aromatic heterocycles. The molecule has 4 rings (SSSR count). The summed E-state index contributed by atoms with van der Waals surface area (Å²) in [6.07, 6.45) is 3.23. The van der Waals surface area contributed by atoms with Gasteiger partial charge in [-0.2, -0.15) is 0 Å². The number of hydrogen-bond donors (Lipinski definition) is 0. The number of nitrogens with zero attached hydrogens (tertiary/aromatic N) is 3. The van der Waals surface area contributed by atoms with Crippen LogP contribution in [0.25, 0.3) is 27.6 Å². The van der Waals surface area contributed by atoms with Crippen molar-refractivity contribution in [2.24, 2.45) is 0 Å². The highest BCUT2D eigenvalue weighted by Gasteiger charge is 2.32. The fourth-order valence-corrected chi connectivity index (χ4v) is 3.93. The minimum Gasteiger partial charge on any atom is -0.279 e. The second kappa shape index (κ2) is 5.59. The van der Waals surface area contributed by atoms with Crippen molar-refractivity contribution >= 4 is 27.6 Å². The van der Waals surface area contributed by atoms with Crippen LogP contribution in [0.3, 0.4) is 0 Å². The lowest BCUT2D eigenvalue weighted by atomic mass is 9.78. The lowest BCUT2D eigenvalue weighted by Crippen LogP contribution is -2.28. The maximum Gasteiger partial charge on any atom is 0.148 e. The summed E-state index contributed by atoms with van der Waals surface area (Å²) in [5.74, 6) is 1.15. The number of hydrogen-bond acceptors (Lipinski definition) is 2. The van der Waals surface area contributed by atoms with Gasteiger partial charge in [0, 0.05) is 10.8 Å². The molecule has 24 heavy (non-hydrogen) atoms. The van der Waals surface area contributed by atoms with Gasteiger partial charge in [0.15, 0.2) is 0 Å². The summed E-state index contributed by atoms with van der Waals surface area (Å²) in [6.45, 7) is 6.82. The van der Waals surface area contributed by atoms with Crippen LogP contribution >= 0.6 is 0 Å². The van der Waals surface area contributed by atoms with Crippen molar-refractivity contribution < 1.29 is 0 Å². The third-order valence-corrected chi connectivity index (χ3v) is 5.65. The van der Waals surface area contributed by atoms with E-state index in [0.29, 0.717) is 0 Å². The predicted molar refractivity (Wildman–Crippen MR) is 101 cm³/mol. The van der Waals surface area contributed by atoms with Crippen LogP contribution in [0, 0.1) is 0 Å². The molecule has 0 aliphatic carbocycles. The zero-order valence-electron chi connectivity index (χ0n) is 14.6. The summed E-state index contributed by atoms with van der Waals surface area (Å²) >= 11 is 0. The molecule has 0 unspecified atom stereocenters. The van der Waals surface area contributed by atoms with Crippen molar-refractivity contribution in [1.29, 1.82) is 0 Å². The van der Waals surface area contributed by atoms with Gasteiger partial charge >= 0.3 is 0 Å². The van der Waals surface area contributed by atoms with E-state index in [4.69, 9.17) is 9.97 Å². The Labute approximate surface area is 142 Å². The molecule has 0 bridgehead atoms. The summed E-state index contributed by atoms with van der Waals surface area (Å²) < 4.78 is 2.30. The first-order valence-corrected chi connectivity index (χ1v) is 8.90. The van der Waals surface area contributed by atoms with E-state index in [1.54, 1.807) is 0 Å². The van der Waals surface area contributed by atoms with Gasteiger partial charge in [0.05, 0.1) is 16.6 Å². The minimum absolute atomic E-state index is 0.0752. The van der Waals surface area contributed by atoms with Crippen LogP contribution in [-0.4, -0.2) is 14.4 Å². The third kappa shape index (κ3) is 1.97. The molecule has 0 spiro atoms. The summed E-state index contributed by atoms with van der Waals surface area (Å²) in [7, 11) is 0. The molecule has 3 nitrogen and oxygen atoms in total. The largest absolute Gasteiger partial charge is 0.279 e. The Hall–Kier alpha value is -2.42. The highest BCUT2D eigenvalue weighted by Crippen LogP contribution is 2.37. The zero-order valence-corrected chi connectivity index (χ0v) is 14.6. The SMILES string of the molecule is CCC(CC)(CC)c1nc2ccccc2c2nc3ccccc3n12. The maximum absolute atomic E-state index is 5.13. The molecule has 0 aliphatic rings. The molecule has 2 heterocycles. The number of fused-ring (bicyclic) bond motifs is 5. The Morgan fingerprint density at radius 2 is 1.42 bits per heavy atom. The molecule has 0 amide bonds. The van der Waals surface area contributed by atoms with E-state index in [2.05, 4.69) is 73.7 Å². The summed E-state index contributed by atoms with van der Waals surface area (Å²) in [4.78, 5) is 10.1. The van der Waals surface area contributed by atoms with Crippen molar-refractivity contribution in [2.75, 3.05) is 0 Å². The average Bonchev–Trinajstić information content (AvgIpc) is 3.03. The van der Waals surface area contributed by atoms with Gasteiger partial charge in [-0.05, 0) is 43.5 Å². The monoisotopic (exact) mass is 317 g/mol. The van der Waals surface area contributed by atoms with E-state index in [1.165, 1.54) is 0 Å². The molecule has 0 saturated carbocycles. The van der Waals surface area contributed by atoms with Crippen LogP contribution in [0.5, 0.6) is 0 Å². The Morgan fingerprint density at radius 1 is 0.792 bits per heavy atom. The van der Waals surface area contributed by atoms with Crippen LogP contribution in [0.15, 0.2) is 48.5 Å². The van der Waals surface area contributed by atoms with Gasteiger partial charge in [-0.1, -0.05) is 45.0 Å². The lowest BCUT2D eigenvalue weighted by molar-refractivity contribution is 0.357. The van der Waals surface area contributed by atoms with Gasteiger partial charge in [0.2, 0.25) is 0 Å². The first-order chi connectivity index (χ1) is 11.7. The zero-order chi connectivity index (χ0) is 16.7. The first kappa shape index (κ1) is 15.1. The lowest BCUT2D eigenvalue weighted by Gasteiger charge is -2.31. The molecular formula is C21H23N3. The van der Waals surface area contributed by atoms with Gasteiger partial charge in [0.1, 0.15) is 11.5 Å². The smallest absolute Gasteiger partial charge is 0.148 e. The van der Waals surface area contributed by atoms with Gasteiger partial charge in [-0.25, -0.2) is 9.97 Å². The van der Waals surface area contributed by atoms with Gasteiger partial charge in [-0.3, -0.25) is 4.40 Å². The van der Waals surface area contributed by atoms with Crippen LogP contribution in [0.4, 0.5) is 0 Å². The maximum atomic E-state index is 5.13. The van der Waals surface area contributed by atoms with Crippen LogP contribution < -0.4 is 0 Å². The molecule has 4 aromatic rings. The van der Waals surface area contributed by atoms with Crippen molar-refractivity contribution in [2.45, 2.75) is 45.4 Å². The molecule has 0 atom stereocenters. The van der Waals surface area contributed by atoms with Crippen molar-refractivity contribution in [1.82, 2.24) is 14.4 Å². The van der Waals surface area contributed by atoms with Crippen LogP contribution in [0.1, 0.15) is 45.9 Å². The molecule has 0 fully saturated rings. The number of para-hydroxylation sites is 3. The number of imidazole rings is 1. The molecule has 0 aliphatic heterocycles. The molecule has 0 saturated heterocycles. The molecule has 2 aromatic carbocycles. The fraction of sp³-hybridized carbons (Fsp3) is 0.333. The first-order valence-electron chi connectivity index (χ1n) is 8.90. The van der Waals surface area contributed by atoms with Crippen molar-refractivity contribution in [3.05, 3.63) is 54.4 Å². The normalized spacial score (nSPS) is 12.5. The highest BCUT2D eigenvalue weighted by atomic mass is 15.1. The van der Waals surface area contributed by atoms with Crippen LogP contribution in [-0.2, 0) is 5.41 Å². The van der Waals surface area contributed by atoms with E-state index >= 15 is 0 Å².